The van der Waals surface area contributed by atoms with Gasteiger partial charge in [0.15, 0.2) is 0 Å². The van der Waals surface area contributed by atoms with Gasteiger partial charge < -0.3 is 5.11 Å². The Bertz CT molecular complexity index is 414. The van der Waals surface area contributed by atoms with E-state index >= 15 is 0 Å². The number of carboxylic acids is 1. The fourth-order valence-electron chi connectivity index (χ4n) is 3.35. The van der Waals surface area contributed by atoms with Crippen molar-refractivity contribution in [2.45, 2.75) is 37.5 Å². The molecule has 0 heterocycles. The maximum Gasteiger partial charge on any atom is 0.310 e. The van der Waals surface area contributed by atoms with Gasteiger partial charge in [0.2, 0.25) is 0 Å². The summed E-state index contributed by atoms with van der Waals surface area (Å²) in [6.45, 7) is 0. The van der Waals surface area contributed by atoms with Crippen molar-refractivity contribution >= 4 is 5.97 Å². The van der Waals surface area contributed by atoms with Crippen molar-refractivity contribution in [3.8, 4) is 0 Å². The maximum absolute atomic E-state index is 11.6. The lowest BCUT2D eigenvalue weighted by Crippen LogP contribution is -2.48. The minimum Gasteiger partial charge on any atom is -0.481 e. The number of carbonyl (C=O) groups is 1. The Morgan fingerprint density at radius 1 is 1.06 bits per heavy atom. The first-order valence-electron chi connectivity index (χ1n) is 6.00. The van der Waals surface area contributed by atoms with Crippen LogP contribution >= 0.6 is 0 Å². The average Bonchev–Trinajstić information content (AvgIpc) is 2.98. The van der Waals surface area contributed by atoms with Gasteiger partial charge in [0, 0.05) is 5.41 Å². The Morgan fingerprint density at radius 2 is 1.69 bits per heavy atom. The van der Waals surface area contributed by atoms with Gasteiger partial charge in [-0.15, -0.1) is 0 Å². The van der Waals surface area contributed by atoms with E-state index in [-0.39, 0.29) is 5.41 Å². The lowest BCUT2D eigenvalue weighted by Gasteiger charge is -2.45. The second kappa shape index (κ2) is 3.09. The molecule has 2 aliphatic carbocycles. The summed E-state index contributed by atoms with van der Waals surface area (Å²) < 4.78 is 0. The first-order valence-corrected chi connectivity index (χ1v) is 6.00. The summed E-state index contributed by atoms with van der Waals surface area (Å²) in [5, 5.41) is 9.52. The molecule has 1 N–H and O–H groups in total. The lowest BCUT2D eigenvalue weighted by atomic mass is 9.57. The predicted octanol–water partition coefficient (Wildman–Crippen LogP) is 2.97. The number of hydrogen-bond donors (Lipinski definition) is 1. The number of carboxylic acid groups (broad SMARTS) is 1. The van der Waals surface area contributed by atoms with E-state index < -0.39 is 11.4 Å². The van der Waals surface area contributed by atoms with E-state index in [1.165, 1.54) is 5.56 Å². The Kier molecular flexibility index (Phi) is 1.91. The van der Waals surface area contributed by atoms with E-state index in [4.69, 9.17) is 0 Å². The number of benzene rings is 1. The molecule has 2 nitrogen and oxygen atoms in total. The van der Waals surface area contributed by atoms with Gasteiger partial charge in [-0.1, -0.05) is 36.8 Å². The molecule has 16 heavy (non-hydrogen) atoms. The van der Waals surface area contributed by atoms with Crippen molar-refractivity contribution < 1.29 is 9.90 Å². The van der Waals surface area contributed by atoms with Crippen LogP contribution in [0.4, 0.5) is 0 Å². The third-order valence-corrected chi connectivity index (χ3v) is 4.61. The van der Waals surface area contributed by atoms with Gasteiger partial charge in [-0.05, 0) is 31.2 Å². The van der Waals surface area contributed by atoms with Gasteiger partial charge in [0.1, 0.15) is 0 Å². The van der Waals surface area contributed by atoms with Crippen LogP contribution in [0.5, 0.6) is 0 Å². The summed E-state index contributed by atoms with van der Waals surface area (Å²) in [6, 6.07) is 10.2. The molecule has 1 aromatic carbocycles. The Balaban J connectivity index is 2.03. The second-order valence-corrected chi connectivity index (χ2v) is 5.19. The SMILES string of the molecule is O=C(O)C1(C2(c3ccccc3)CC2)CCC1. The van der Waals surface area contributed by atoms with Gasteiger partial charge in [-0.2, -0.15) is 0 Å². The molecule has 0 radical (unpaired) electrons. The number of rotatable bonds is 3. The highest BCUT2D eigenvalue weighted by atomic mass is 16.4. The molecule has 0 atom stereocenters. The topological polar surface area (TPSA) is 37.3 Å². The van der Waals surface area contributed by atoms with Gasteiger partial charge in [-0.25, -0.2) is 0 Å². The highest BCUT2D eigenvalue weighted by Gasteiger charge is 2.66. The molecule has 2 aliphatic rings. The zero-order valence-electron chi connectivity index (χ0n) is 9.28. The number of aliphatic carboxylic acids is 1. The van der Waals surface area contributed by atoms with Crippen LogP contribution in [0.15, 0.2) is 30.3 Å². The monoisotopic (exact) mass is 216 g/mol. The molecule has 0 aromatic heterocycles. The third-order valence-electron chi connectivity index (χ3n) is 4.61. The van der Waals surface area contributed by atoms with Crippen LogP contribution in [-0.4, -0.2) is 11.1 Å². The molecule has 0 bridgehead atoms. The highest BCUT2D eigenvalue weighted by Crippen LogP contribution is 2.67. The van der Waals surface area contributed by atoms with E-state index in [0.29, 0.717) is 0 Å². The van der Waals surface area contributed by atoms with Gasteiger partial charge >= 0.3 is 5.97 Å². The largest absolute Gasteiger partial charge is 0.481 e. The maximum atomic E-state index is 11.6. The molecule has 0 unspecified atom stereocenters. The first kappa shape index (κ1) is 9.88. The molecule has 2 fully saturated rings. The fourth-order valence-corrected chi connectivity index (χ4v) is 3.35. The van der Waals surface area contributed by atoms with Crippen molar-refractivity contribution in [2.75, 3.05) is 0 Å². The second-order valence-electron chi connectivity index (χ2n) is 5.19. The minimum absolute atomic E-state index is 0.0433. The van der Waals surface area contributed by atoms with Crippen LogP contribution in [-0.2, 0) is 10.2 Å². The van der Waals surface area contributed by atoms with E-state index in [0.717, 1.165) is 32.1 Å². The van der Waals surface area contributed by atoms with Crippen LogP contribution in [0.2, 0.25) is 0 Å². The van der Waals surface area contributed by atoms with Crippen molar-refractivity contribution in [3.63, 3.8) is 0 Å². The Labute approximate surface area is 95.3 Å². The standard InChI is InChI=1S/C14H16O2/c15-12(16)14(7-4-8-14)13(9-10-13)11-5-2-1-3-6-11/h1-3,5-6H,4,7-10H2,(H,15,16). The summed E-state index contributed by atoms with van der Waals surface area (Å²) in [7, 11) is 0. The molecule has 0 aliphatic heterocycles. The summed E-state index contributed by atoms with van der Waals surface area (Å²) in [4.78, 5) is 11.6. The lowest BCUT2D eigenvalue weighted by molar-refractivity contribution is -0.158. The Hall–Kier alpha value is -1.31. The number of hydrogen-bond acceptors (Lipinski definition) is 1. The molecule has 0 spiro atoms. The minimum atomic E-state index is -0.583. The summed E-state index contributed by atoms with van der Waals surface area (Å²) in [6.07, 6.45) is 4.88. The third kappa shape index (κ3) is 1.05. The van der Waals surface area contributed by atoms with E-state index in [9.17, 15) is 9.90 Å². The molecule has 2 saturated carbocycles. The summed E-state index contributed by atoms with van der Waals surface area (Å²) in [5.41, 5.74) is 0.740. The van der Waals surface area contributed by atoms with Crippen LogP contribution in [0.1, 0.15) is 37.7 Å². The zero-order chi connectivity index (χ0) is 11.2. The van der Waals surface area contributed by atoms with Crippen molar-refractivity contribution in [1.82, 2.24) is 0 Å². The first-order chi connectivity index (χ1) is 7.71. The van der Waals surface area contributed by atoms with Gasteiger partial charge in [0.25, 0.3) is 0 Å². The van der Waals surface area contributed by atoms with Crippen LogP contribution < -0.4 is 0 Å². The van der Waals surface area contributed by atoms with Crippen LogP contribution in [0.3, 0.4) is 0 Å². The molecule has 84 valence electrons. The predicted molar refractivity (Wildman–Crippen MR) is 61.3 cm³/mol. The van der Waals surface area contributed by atoms with Crippen molar-refractivity contribution in [3.05, 3.63) is 35.9 Å². The smallest absolute Gasteiger partial charge is 0.310 e. The Morgan fingerprint density at radius 3 is 2.06 bits per heavy atom. The average molecular weight is 216 g/mol. The van der Waals surface area contributed by atoms with E-state index in [1.54, 1.807) is 0 Å². The quantitative estimate of drug-likeness (QED) is 0.843. The van der Waals surface area contributed by atoms with Crippen LogP contribution in [0, 0.1) is 5.41 Å². The highest BCUT2D eigenvalue weighted by molar-refractivity contribution is 5.79. The summed E-state index contributed by atoms with van der Waals surface area (Å²) in [5.74, 6) is -0.583. The van der Waals surface area contributed by atoms with Gasteiger partial charge in [0.05, 0.1) is 5.41 Å². The normalized spacial score (nSPS) is 24.5. The van der Waals surface area contributed by atoms with Crippen molar-refractivity contribution in [1.29, 1.82) is 0 Å². The van der Waals surface area contributed by atoms with E-state index in [1.807, 2.05) is 18.2 Å². The molecule has 0 saturated heterocycles. The van der Waals surface area contributed by atoms with Crippen LogP contribution in [0.25, 0.3) is 0 Å². The summed E-state index contributed by atoms with van der Waals surface area (Å²) >= 11 is 0. The van der Waals surface area contributed by atoms with Gasteiger partial charge in [-0.3, -0.25) is 4.79 Å². The fraction of sp³-hybridized carbons (Fsp3) is 0.500. The molecule has 2 heteroatoms. The molecule has 3 rings (SSSR count). The molecule has 0 amide bonds. The zero-order valence-corrected chi connectivity index (χ0v) is 9.28. The molecular weight excluding hydrogens is 200 g/mol. The molecular formula is C14H16O2. The van der Waals surface area contributed by atoms with E-state index in [2.05, 4.69) is 12.1 Å². The van der Waals surface area contributed by atoms with Crippen molar-refractivity contribution in [2.24, 2.45) is 5.41 Å². The molecule has 1 aromatic rings.